The molecule has 0 heterocycles. The van der Waals surface area contributed by atoms with Crippen LogP contribution in [0.3, 0.4) is 0 Å². The quantitative estimate of drug-likeness (QED) is 0.363. The Labute approximate surface area is 164 Å². The lowest BCUT2D eigenvalue weighted by Crippen LogP contribution is -2.42. The van der Waals surface area contributed by atoms with Crippen molar-refractivity contribution in [3.8, 4) is 0 Å². The number of rotatable bonds is 10. The average molecular weight is 395 g/mol. The summed E-state index contributed by atoms with van der Waals surface area (Å²) in [6.07, 6.45) is 5.62. The van der Waals surface area contributed by atoms with Gasteiger partial charge in [0.05, 0.1) is 12.8 Å². The smallest absolute Gasteiger partial charge is 0.211 e. The molecule has 6 nitrogen and oxygen atoms in total. The maximum atomic E-state index is 11.6. The second-order valence-corrected chi connectivity index (χ2v) is 9.21. The van der Waals surface area contributed by atoms with E-state index in [2.05, 4.69) is 47.9 Å². The zero-order chi connectivity index (χ0) is 19.8. The highest BCUT2D eigenvalue weighted by Crippen LogP contribution is 2.43. The Morgan fingerprint density at radius 2 is 1.89 bits per heavy atom. The number of guanidine groups is 1. The standard InChI is InChI=1S/C20H34N4O2S/c1-4-21-19(22-15-10-16-24(5-2)27(3,25)26)23-17-20(13-9-14-20)18-11-7-6-8-12-18/h6-8,11-12H,4-5,9-10,13-17H2,1-3H3,(H2,21,22,23). The largest absolute Gasteiger partial charge is 0.357 e. The highest BCUT2D eigenvalue weighted by molar-refractivity contribution is 7.88. The van der Waals surface area contributed by atoms with Crippen LogP contribution < -0.4 is 10.6 Å². The Bertz CT molecular complexity index is 700. The minimum absolute atomic E-state index is 0.166. The molecule has 7 heteroatoms. The second kappa shape index (κ2) is 10.1. The van der Waals surface area contributed by atoms with Gasteiger partial charge in [-0.2, -0.15) is 0 Å². The lowest BCUT2D eigenvalue weighted by molar-refractivity contribution is 0.253. The van der Waals surface area contributed by atoms with Crippen molar-refractivity contribution in [1.82, 2.24) is 14.9 Å². The highest BCUT2D eigenvalue weighted by Gasteiger charge is 2.38. The van der Waals surface area contributed by atoms with E-state index in [1.165, 1.54) is 35.4 Å². The summed E-state index contributed by atoms with van der Waals surface area (Å²) >= 11 is 0. The molecule has 0 atom stereocenters. The second-order valence-electron chi connectivity index (χ2n) is 7.23. The SMILES string of the molecule is CCNC(=NCC1(c2ccccc2)CCC1)NCCCN(CC)S(C)(=O)=O. The van der Waals surface area contributed by atoms with Gasteiger partial charge in [-0.25, -0.2) is 12.7 Å². The van der Waals surface area contributed by atoms with Crippen LogP contribution >= 0.6 is 0 Å². The van der Waals surface area contributed by atoms with Gasteiger partial charge in [-0.1, -0.05) is 43.7 Å². The molecule has 2 N–H and O–H groups in total. The summed E-state index contributed by atoms with van der Waals surface area (Å²) in [5.41, 5.74) is 1.54. The molecule has 152 valence electrons. The Balaban J connectivity index is 1.90. The summed E-state index contributed by atoms with van der Waals surface area (Å²) in [6, 6.07) is 10.7. The molecule has 0 radical (unpaired) electrons. The zero-order valence-corrected chi connectivity index (χ0v) is 17.7. The van der Waals surface area contributed by atoms with Gasteiger partial charge in [-0.15, -0.1) is 0 Å². The minimum atomic E-state index is -3.12. The monoisotopic (exact) mass is 394 g/mol. The van der Waals surface area contributed by atoms with E-state index in [0.717, 1.165) is 25.5 Å². The number of aliphatic imine (C=N–C) groups is 1. The van der Waals surface area contributed by atoms with Gasteiger partial charge in [0.25, 0.3) is 0 Å². The maximum absolute atomic E-state index is 11.6. The third kappa shape index (κ3) is 6.21. The van der Waals surface area contributed by atoms with E-state index in [0.29, 0.717) is 19.6 Å². The fourth-order valence-corrected chi connectivity index (χ4v) is 4.46. The fraction of sp³-hybridized carbons (Fsp3) is 0.650. The molecule has 2 rings (SSSR count). The molecule has 1 fully saturated rings. The molecule has 1 saturated carbocycles. The number of nitrogens with one attached hydrogen (secondary N) is 2. The molecule has 0 amide bonds. The van der Waals surface area contributed by atoms with E-state index in [-0.39, 0.29) is 5.41 Å². The van der Waals surface area contributed by atoms with Crippen LogP contribution in [0.15, 0.2) is 35.3 Å². The molecule has 0 bridgehead atoms. The third-order valence-corrected chi connectivity index (χ3v) is 6.66. The number of benzene rings is 1. The topological polar surface area (TPSA) is 73.8 Å². The van der Waals surface area contributed by atoms with Crippen LogP contribution in [-0.2, 0) is 15.4 Å². The number of nitrogens with zero attached hydrogens (tertiary/aromatic N) is 2. The van der Waals surface area contributed by atoms with Crippen LogP contribution in [0.25, 0.3) is 0 Å². The fourth-order valence-electron chi connectivity index (χ4n) is 3.53. The number of hydrogen-bond acceptors (Lipinski definition) is 3. The van der Waals surface area contributed by atoms with Crippen LogP contribution in [0, 0.1) is 0 Å². The van der Waals surface area contributed by atoms with Crippen molar-refractivity contribution in [3.63, 3.8) is 0 Å². The molecule has 0 aromatic heterocycles. The van der Waals surface area contributed by atoms with E-state index in [9.17, 15) is 8.42 Å². The Morgan fingerprint density at radius 1 is 1.19 bits per heavy atom. The maximum Gasteiger partial charge on any atom is 0.211 e. The van der Waals surface area contributed by atoms with Crippen molar-refractivity contribution in [2.75, 3.05) is 39.0 Å². The molecule has 0 aliphatic heterocycles. The van der Waals surface area contributed by atoms with Crippen molar-refractivity contribution in [1.29, 1.82) is 0 Å². The molecule has 27 heavy (non-hydrogen) atoms. The lowest BCUT2D eigenvalue weighted by atomic mass is 9.64. The molecule has 1 aromatic carbocycles. The van der Waals surface area contributed by atoms with Gasteiger partial charge < -0.3 is 10.6 Å². The minimum Gasteiger partial charge on any atom is -0.357 e. The number of hydrogen-bond donors (Lipinski definition) is 2. The zero-order valence-electron chi connectivity index (χ0n) is 16.9. The molecular weight excluding hydrogens is 360 g/mol. The van der Waals surface area contributed by atoms with E-state index in [4.69, 9.17) is 4.99 Å². The van der Waals surface area contributed by atoms with Crippen molar-refractivity contribution in [3.05, 3.63) is 35.9 Å². The first-order valence-electron chi connectivity index (χ1n) is 9.94. The Hall–Kier alpha value is -1.60. The van der Waals surface area contributed by atoms with E-state index in [1.54, 1.807) is 0 Å². The highest BCUT2D eigenvalue weighted by atomic mass is 32.2. The third-order valence-electron chi connectivity index (χ3n) is 5.28. The summed E-state index contributed by atoms with van der Waals surface area (Å²) in [6.45, 7) is 7.21. The van der Waals surface area contributed by atoms with Crippen LogP contribution in [0.4, 0.5) is 0 Å². The van der Waals surface area contributed by atoms with Gasteiger partial charge in [0.2, 0.25) is 10.0 Å². The number of sulfonamides is 1. The van der Waals surface area contributed by atoms with E-state index >= 15 is 0 Å². The van der Waals surface area contributed by atoms with E-state index < -0.39 is 10.0 Å². The molecule has 1 aromatic rings. The summed E-state index contributed by atoms with van der Waals surface area (Å²) < 4.78 is 24.8. The molecule has 0 unspecified atom stereocenters. The van der Waals surface area contributed by atoms with Crippen LogP contribution in [0.1, 0.15) is 45.1 Å². The first-order valence-corrected chi connectivity index (χ1v) is 11.8. The van der Waals surface area contributed by atoms with Crippen LogP contribution in [0.5, 0.6) is 0 Å². The molecule has 0 spiro atoms. The predicted octanol–water partition coefficient (Wildman–Crippen LogP) is 2.33. The van der Waals surface area contributed by atoms with Crippen molar-refractivity contribution < 1.29 is 8.42 Å². The van der Waals surface area contributed by atoms with Crippen molar-refractivity contribution >= 4 is 16.0 Å². The molecule has 1 aliphatic carbocycles. The molecular formula is C20H34N4O2S. The predicted molar refractivity (Wildman–Crippen MR) is 113 cm³/mol. The van der Waals surface area contributed by atoms with Gasteiger partial charge in [0, 0.05) is 31.6 Å². The lowest BCUT2D eigenvalue weighted by Gasteiger charge is -2.41. The van der Waals surface area contributed by atoms with Gasteiger partial charge in [0.1, 0.15) is 0 Å². The Morgan fingerprint density at radius 3 is 2.41 bits per heavy atom. The van der Waals surface area contributed by atoms with Gasteiger partial charge in [0.15, 0.2) is 5.96 Å². The van der Waals surface area contributed by atoms with Gasteiger partial charge in [-0.05, 0) is 31.7 Å². The summed E-state index contributed by atoms with van der Waals surface area (Å²) in [4.78, 5) is 4.83. The summed E-state index contributed by atoms with van der Waals surface area (Å²) in [5.74, 6) is 0.808. The molecule has 1 aliphatic rings. The first kappa shape index (κ1) is 21.7. The van der Waals surface area contributed by atoms with Crippen molar-refractivity contribution in [2.24, 2.45) is 4.99 Å². The van der Waals surface area contributed by atoms with Crippen LogP contribution in [-0.4, -0.2) is 57.7 Å². The Kier molecular flexibility index (Phi) is 8.10. The van der Waals surface area contributed by atoms with Gasteiger partial charge >= 0.3 is 0 Å². The normalized spacial score (nSPS) is 16.8. The summed E-state index contributed by atoms with van der Waals surface area (Å²) in [7, 11) is -3.12. The van der Waals surface area contributed by atoms with Crippen molar-refractivity contribution in [2.45, 2.75) is 44.9 Å². The van der Waals surface area contributed by atoms with E-state index in [1.807, 2.05) is 6.92 Å². The van der Waals surface area contributed by atoms with Crippen LogP contribution in [0.2, 0.25) is 0 Å². The first-order chi connectivity index (χ1) is 12.9. The van der Waals surface area contributed by atoms with Gasteiger partial charge in [-0.3, -0.25) is 4.99 Å². The molecule has 0 saturated heterocycles. The summed E-state index contributed by atoms with van der Waals surface area (Å²) in [5, 5.41) is 6.64. The average Bonchev–Trinajstić information content (AvgIpc) is 2.60.